The molecule has 0 fully saturated rings. The minimum atomic E-state index is -0.0575. The highest BCUT2D eigenvalue weighted by molar-refractivity contribution is 5.95. The van der Waals surface area contributed by atoms with Crippen LogP contribution in [0.1, 0.15) is 40.9 Å². The highest BCUT2D eigenvalue weighted by Crippen LogP contribution is 2.19. The van der Waals surface area contributed by atoms with Crippen molar-refractivity contribution in [3.8, 4) is 0 Å². The zero-order valence-corrected chi connectivity index (χ0v) is 13.0. The second-order valence-corrected chi connectivity index (χ2v) is 6.28. The zero-order valence-electron chi connectivity index (χ0n) is 13.0. The molecule has 19 heavy (non-hydrogen) atoms. The van der Waals surface area contributed by atoms with Crippen molar-refractivity contribution in [2.75, 3.05) is 20.1 Å². The van der Waals surface area contributed by atoms with Crippen LogP contribution < -0.4 is 5.73 Å². The third-order valence-electron chi connectivity index (χ3n) is 3.64. The zero-order chi connectivity index (χ0) is 14.8. The van der Waals surface area contributed by atoms with Gasteiger partial charge in [-0.15, -0.1) is 0 Å². The Morgan fingerprint density at radius 3 is 2.21 bits per heavy atom. The molecule has 0 atom stereocenters. The molecule has 0 saturated carbocycles. The van der Waals surface area contributed by atoms with Crippen molar-refractivity contribution in [2.24, 2.45) is 11.1 Å². The van der Waals surface area contributed by atoms with E-state index in [9.17, 15) is 4.79 Å². The van der Waals surface area contributed by atoms with Crippen molar-refractivity contribution in [2.45, 2.75) is 34.6 Å². The normalized spacial score (nSPS) is 11.5. The topological polar surface area (TPSA) is 46.3 Å². The van der Waals surface area contributed by atoms with Gasteiger partial charge in [0.25, 0.3) is 5.91 Å². The molecule has 0 aromatic heterocycles. The van der Waals surface area contributed by atoms with E-state index < -0.39 is 0 Å². The Kier molecular flexibility index (Phi) is 4.75. The summed E-state index contributed by atoms with van der Waals surface area (Å²) in [6, 6.07) is 4.06. The third kappa shape index (κ3) is 3.80. The van der Waals surface area contributed by atoms with Gasteiger partial charge in [-0.25, -0.2) is 0 Å². The molecule has 0 unspecified atom stereocenters. The molecule has 1 aromatic rings. The molecule has 2 N–H and O–H groups in total. The number of nitrogens with zero attached hydrogens (tertiary/aromatic N) is 1. The summed E-state index contributed by atoms with van der Waals surface area (Å²) < 4.78 is 0. The Hall–Kier alpha value is -1.35. The lowest BCUT2D eigenvalue weighted by Gasteiger charge is -2.29. The molecule has 3 heteroatoms. The van der Waals surface area contributed by atoms with Crippen LogP contribution in [0.4, 0.5) is 0 Å². The molecule has 0 radical (unpaired) electrons. The van der Waals surface area contributed by atoms with Gasteiger partial charge in [-0.05, 0) is 55.5 Å². The van der Waals surface area contributed by atoms with Crippen molar-refractivity contribution in [3.63, 3.8) is 0 Å². The molecule has 3 nitrogen and oxygen atoms in total. The highest BCUT2D eigenvalue weighted by atomic mass is 16.2. The van der Waals surface area contributed by atoms with Gasteiger partial charge in [-0.3, -0.25) is 4.79 Å². The number of hydrogen-bond acceptors (Lipinski definition) is 2. The van der Waals surface area contributed by atoms with Crippen LogP contribution in [0.25, 0.3) is 0 Å². The summed E-state index contributed by atoms with van der Waals surface area (Å²) in [6.45, 7) is 11.5. The first-order chi connectivity index (χ1) is 8.68. The predicted molar refractivity (Wildman–Crippen MR) is 80.4 cm³/mol. The molecule has 0 heterocycles. The molecule has 106 valence electrons. The minimum Gasteiger partial charge on any atom is -0.341 e. The van der Waals surface area contributed by atoms with Gasteiger partial charge in [-0.2, -0.15) is 0 Å². The summed E-state index contributed by atoms with van der Waals surface area (Å²) in [5, 5.41) is 0. The second kappa shape index (κ2) is 5.74. The Balaban J connectivity index is 2.98. The summed E-state index contributed by atoms with van der Waals surface area (Å²) in [5.74, 6) is 0.0714. The molecule has 0 saturated heterocycles. The smallest absolute Gasteiger partial charge is 0.253 e. The van der Waals surface area contributed by atoms with Crippen molar-refractivity contribution < 1.29 is 4.79 Å². The van der Waals surface area contributed by atoms with E-state index >= 15 is 0 Å². The molecule has 1 rings (SSSR count). The molecule has 0 spiro atoms. The van der Waals surface area contributed by atoms with Gasteiger partial charge < -0.3 is 10.6 Å². The van der Waals surface area contributed by atoms with Gasteiger partial charge in [0.15, 0.2) is 0 Å². The largest absolute Gasteiger partial charge is 0.341 e. The first-order valence-electron chi connectivity index (χ1n) is 6.71. The van der Waals surface area contributed by atoms with Crippen molar-refractivity contribution in [3.05, 3.63) is 34.4 Å². The minimum absolute atomic E-state index is 0.0575. The first kappa shape index (κ1) is 15.7. The van der Waals surface area contributed by atoms with E-state index in [0.29, 0.717) is 13.1 Å². The van der Waals surface area contributed by atoms with E-state index in [-0.39, 0.29) is 11.3 Å². The van der Waals surface area contributed by atoms with Crippen LogP contribution >= 0.6 is 0 Å². The quantitative estimate of drug-likeness (QED) is 0.906. The summed E-state index contributed by atoms with van der Waals surface area (Å²) >= 11 is 0. The molecule has 0 aliphatic heterocycles. The summed E-state index contributed by atoms with van der Waals surface area (Å²) in [4.78, 5) is 14.3. The third-order valence-corrected chi connectivity index (χ3v) is 3.64. The number of carbonyl (C=O) groups excluding carboxylic acids is 1. The highest BCUT2D eigenvalue weighted by Gasteiger charge is 2.22. The number of rotatable bonds is 4. The fraction of sp³-hybridized carbons (Fsp3) is 0.562. The number of amides is 1. The van der Waals surface area contributed by atoms with Gasteiger partial charge in [-0.1, -0.05) is 19.9 Å². The first-order valence-corrected chi connectivity index (χ1v) is 6.71. The maximum Gasteiger partial charge on any atom is 0.253 e. The second-order valence-electron chi connectivity index (χ2n) is 6.28. The van der Waals surface area contributed by atoms with Gasteiger partial charge in [0.2, 0.25) is 0 Å². The summed E-state index contributed by atoms with van der Waals surface area (Å²) in [6.07, 6.45) is 0. The van der Waals surface area contributed by atoms with Crippen LogP contribution in [-0.4, -0.2) is 30.9 Å². The average Bonchev–Trinajstić information content (AvgIpc) is 2.32. The van der Waals surface area contributed by atoms with Crippen molar-refractivity contribution >= 4 is 5.91 Å². The lowest BCUT2D eigenvalue weighted by Crippen LogP contribution is -2.40. The lowest BCUT2D eigenvalue weighted by atomic mass is 9.92. The maximum atomic E-state index is 12.5. The molecular weight excluding hydrogens is 236 g/mol. The van der Waals surface area contributed by atoms with E-state index in [1.165, 1.54) is 5.56 Å². The van der Waals surface area contributed by atoms with Crippen molar-refractivity contribution in [1.29, 1.82) is 0 Å². The van der Waals surface area contributed by atoms with Gasteiger partial charge >= 0.3 is 0 Å². The molecule has 0 aliphatic carbocycles. The molecule has 1 aromatic carbocycles. The molecule has 1 amide bonds. The van der Waals surface area contributed by atoms with Gasteiger partial charge in [0.1, 0.15) is 0 Å². The summed E-state index contributed by atoms with van der Waals surface area (Å²) in [5.41, 5.74) is 9.87. The van der Waals surface area contributed by atoms with Gasteiger partial charge in [0, 0.05) is 19.2 Å². The average molecular weight is 262 g/mol. The Morgan fingerprint density at radius 2 is 1.68 bits per heavy atom. The van der Waals surface area contributed by atoms with E-state index in [1.807, 2.05) is 27.0 Å². The standard InChI is InChI=1S/C16H26N2O/c1-11-7-13(3)14(8-12(11)2)15(19)18(6)10-16(4,5)9-17/h7-8H,9-10,17H2,1-6H3. The summed E-state index contributed by atoms with van der Waals surface area (Å²) in [7, 11) is 1.84. The van der Waals surface area contributed by atoms with E-state index in [4.69, 9.17) is 5.73 Å². The van der Waals surface area contributed by atoms with Crippen LogP contribution in [0, 0.1) is 26.2 Å². The Bertz CT molecular complexity index is 478. The Labute approximate surface area is 116 Å². The number of aryl methyl sites for hydroxylation is 3. The van der Waals surface area contributed by atoms with Crippen LogP contribution in [0.5, 0.6) is 0 Å². The van der Waals surface area contributed by atoms with Crippen LogP contribution in [0.15, 0.2) is 12.1 Å². The maximum absolute atomic E-state index is 12.5. The predicted octanol–water partition coefficient (Wildman–Crippen LogP) is 2.67. The van der Waals surface area contributed by atoms with E-state index in [1.54, 1.807) is 4.90 Å². The SMILES string of the molecule is Cc1cc(C)c(C(=O)N(C)CC(C)(C)CN)cc1C. The van der Waals surface area contributed by atoms with E-state index in [0.717, 1.165) is 16.7 Å². The number of nitrogens with two attached hydrogens (primary N) is 1. The monoisotopic (exact) mass is 262 g/mol. The van der Waals surface area contributed by atoms with Crippen LogP contribution in [0.3, 0.4) is 0 Å². The van der Waals surface area contributed by atoms with E-state index in [2.05, 4.69) is 26.8 Å². The Morgan fingerprint density at radius 1 is 1.16 bits per heavy atom. The fourth-order valence-electron chi connectivity index (χ4n) is 2.17. The van der Waals surface area contributed by atoms with Crippen LogP contribution in [0.2, 0.25) is 0 Å². The van der Waals surface area contributed by atoms with Crippen molar-refractivity contribution in [1.82, 2.24) is 4.90 Å². The lowest BCUT2D eigenvalue weighted by molar-refractivity contribution is 0.0739. The van der Waals surface area contributed by atoms with Crippen LogP contribution in [-0.2, 0) is 0 Å². The fourth-order valence-corrected chi connectivity index (χ4v) is 2.17. The van der Waals surface area contributed by atoms with Gasteiger partial charge in [0.05, 0.1) is 0 Å². The number of hydrogen-bond donors (Lipinski definition) is 1. The molecule has 0 aliphatic rings. The molecule has 0 bridgehead atoms. The number of carbonyl (C=O) groups is 1. The number of benzene rings is 1. The molecular formula is C16H26N2O.